The third kappa shape index (κ3) is 8.87. The number of amides is 2. The number of anilines is 1. The van der Waals surface area contributed by atoms with E-state index in [1.54, 1.807) is 7.11 Å². The molecule has 0 saturated carbocycles. The van der Waals surface area contributed by atoms with Crippen LogP contribution in [0.15, 0.2) is 66.7 Å². The Labute approximate surface area is 261 Å². The Morgan fingerprint density at radius 3 is 2.77 bits per heavy atom. The largest absolute Gasteiger partial charge is 0.496 e. The Hall–Kier alpha value is -3.79. The third-order valence-corrected chi connectivity index (χ3v) is 8.40. The fourth-order valence-electron chi connectivity index (χ4n) is 6.09. The van der Waals surface area contributed by atoms with Gasteiger partial charge in [-0.15, -0.1) is 0 Å². The lowest BCUT2D eigenvalue weighted by molar-refractivity contribution is 0.0106. The van der Waals surface area contributed by atoms with Crippen LogP contribution in [-0.2, 0) is 29.1 Å². The molecule has 1 saturated heterocycles. The summed E-state index contributed by atoms with van der Waals surface area (Å²) in [6.45, 7) is 6.37. The smallest absolute Gasteiger partial charge is 0.312 e. The van der Waals surface area contributed by atoms with Gasteiger partial charge in [-0.3, -0.25) is 0 Å². The molecule has 3 aromatic carbocycles. The maximum Gasteiger partial charge on any atom is 0.312 e. The maximum absolute atomic E-state index is 11.1. The van der Waals surface area contributed by atoms with Crippen LogP contribution in [-0.4, -0.2) is 65.2 Å². The lowest BCUT2D eigenvalue weighted by Crippen LogP contribution is -2.41. The first-order valence-electron chi connectivity index (χ1n) is 15.8. The molecule has 236 valence electrons. The predicted octanol–water partition coefficient (Wildman–Crippen LogP) is 4.76. The molecule has 0 unspecified atom stereocenters. The Kier molecular flexibility index (Phi) is 11.7. The molecule has 3 aromatic rings. The van der Waals surface area contributed by atoms with Crippen LogP contribution in [0.2, 0.25) is 0 Å². The van der Waals surface area contributed by atoms with E-state index in [0.717, 1.165) is 68.9 Å². The molecule has 4 N–H and O–H groups in total. The van der Waals surface area contributed by atoms with Crippen molar-refractivity contribution in [2.45, 2.75) is 50.9 Å². The summed E-state index contributed by atoms with van der Waals surface area (Å²) < 4.78 is 23.7. The Morgan fingerprint density at radius 1 is 1.07 bits per heavy atom. The molecule has 0 aromatic heterocycles. The lowest BCUT2D eigenvalue weighted by atomic mass is 9.87. The number of rotatable bonds is 15. The second-order valence-electron chi connectivity index (χ2n) is 11.4. The van der Waals surface area contributed by atoms with Crippen molar-refractivity contribution >= 4 is 11.7 Å². The zero-order valence-electron chi connectivity index (χ0n) is 25.8. The summed E-state index contributed by atoms with van der Waals surface area (Å²) in [5.74, 6) is 2.04. The van der Waals surface area contributed by atoms with E-state index in [0.29, 0.717) is 38.9 Å². The number of piperidine rings is 1. The van der Waals surface area contributed by atoms with Gasteiger partial charge in [-0.05, 0) is 66.8 Å². The van der Waals surface area contributed by atoms with Crippen molar-refractivity contribution in [3.05, 3.63) is 89.0 Å². The first kappa shape index (κ1) is 31.6. The van der Waals surface area contributed by atoms with Crippen molar-refractivity contribution in [2.75, 3.05) is 57.9 Å². The number of primary amides is 1. The van der Waals surface area contributed by atoms with Crippen molar-refractivity contribution in [3.8, 4) is 11.5 Å². The average Bonchev–Trinajstić information content (AvgIpc) is 3.06. The minimum absolute atomic E-state index is 0.0859. The first-order valence-corrected chi connectivity index (χ1v) is 15.8. The molecule has 2 heterocycles. The molecule has 0 radical (unpaired) electrons. The van der Waals surface area contributed by atoms with Crippen molar-refractivity contribution in [2.24, 2.45) is 5.73 Å². The predicted molar refractivity (Wildman–Crippen MR) is 173 cm³/mol. The number of hydrogen-bond donors (Lipinski definition) is 3. The summed E-state index contributed by atoms with van der Waals surface area (Å²) in [5, 5.41) is 6.22. The van der Waals surface area contributed by atoms with Crippen LogP contribution in [0.25, 0.3) is 0 Å². The fourth-order valence-corrected chi connectivity index (χ4v) is 6.09. The number of methoxy groups -OCH3 is 1. The Bertz CT molecular complexity index is 1330. The molecule has 2 aliphatic heterocycles. The molecule has 0 spiro atoms. The van der Waals surface area contributed by atoms with Crippen molar-refractivity contribution in [1.82, 2.24) is 10.6 Å². The molecular formula is C35H46N4O5. The highest BCUT2D eigenvalue weighted by Gasteiger charge is 2.27. The Morgan fingerprint density at radius 2 is 1.93 bits per heavy atom. The van der Waals surface area contributed by atoms with Gasteiger partial charge in [-0.1, -0.05) is 42.5 Å². The minimum Gasteiger partial charge on any atom is -0.496 e. The van der Waals surface area contributed by atoms with Crippen molar-refractivity contribution in [3.63, 3.8) is 0 Å². The average molecular weight is 603 g/mol. The van der Waals surface area contributed by atoms with E-state index in [1.807, 2.05) is 24.3 Å². The van der Waals surface area contributed by atoms with E-state index in [1.165, 1.54) is 22.4 Å². The van der Waals surface area contributed by atoms with Crippen LogP contribution in [0, 0.1) is 0 Å². The van der Waals surface area contributed by atoms with E-state index in [9.17, 15) is 4.79 Å². The number of carbonyl (C=O) groups excluding carboxylic acids is 1. The normalized spacial score (nSPS) is 18.0. The number of hydrogen-bond acceptors (Lipinski definition) is 7. The molecule has 1 fully saturated rings. The summed E-state index contributed by atoms with van der Waals surface area (Å²) in [5.41, 5.74) is 11.3. The van der Waals surface area contributed by atoms with Crippen LogP contribution in [0.1, 0.15) is 47.4 Å². The number of nitrogens with two attached hydrogens (primary N) is 1. The second kappa shape index (κ2) is 16.3. The SMILES string of the molecule is COc1ccccc1COCCCOc1ccc([C@H]2CCNC[C@@H]2OCc2ccc3c(c2)N(CCNC(N)=O)CCC3)cc1. The van der Waals surface area contributed by atoms with Crippen LogP contribution >= 0.6 is 0 Å². The van der Waals surface area contributed by atoms with E-state index in [4.69, 9.17) is 24.7 Å². The third-order valence-electron chi connectivity index (χ3n) is 8.40. The van der Waals surface area contributed by atoms with Gasteiger partial charge < -0.3 is 40.2 Å². The summed E-state index contributed by atoms with van der Waals surface area (Å²) in [7, 11) is 1.68. The van der Waals surface area contributed by atoms with Crippen molar-refractivity contribution in [1.29, 1.82) is 0 Å². The molecular weight excluding hydrogens is 556 g/mol. The van der Waals surface area contributed by atoms with Gasteiger partial charge in [0, 0.05) is 49.8 Å². The molecule has 0 aliphatic carbocycles. The number of ether oxygens (including phenoxy) is 4. The van der Waals surface area contributed by atoms with Crippen LogP contribution in [0.4, 0.5) is 10.5 Å². The second-order valence-corrected chi connectivity index (χ2v) is 11.4. The highest BCUT2D eigenvalue weighted by Crippen LogP contribution is 2.32. The van der Waals surface area contributed by atoms with E-state index in [-0.39, 0.29) is 6.10 Å². The first-order chi connectivity index (χ1) is 21.6. The molecule has 9 heteroatoms. The number of aryl methyl sites for hydroxylation is 1. The van der Waals surface area contributed by atoms with E-state index in [2.05, 4.69) is 58.0 Å². The van der Waals surface area contributed by atoms with Crippen LogP contribution < -0.4 is 30.7 Å². The fraction of sp³-hybridized carbons (Fsp3) is 0.457. The molecule has 44 heavy (non-hydrogen) atoms. The van der Waals surface area contributed by atoms with E-state index >= 15 is 0 Å². The summed E-state index contributed by atoms with van der Waals surface area (Å²) in [6.07, 6.45) is 4.10. The minimum atomic E-state index is -0.482. The monoisotopic (exact) mass is 602 g/mol. The Balaban J connectivity index is 1.08. The van der Waals surface area contributed by atoms with Gasteiger partial charge in [0.05, 0.1) is 39.6 Å². The topological polar surface area (TPSA) is 107 Å². The number of carbonyl (C=O) groups is 1. The molecule has 5 rings (SSSR count). The number of urea groups is 1. The number of benzene rings is 3. The number of nitrogens with zero attached hydrogens (tertiary/aromatic N) is 1. The van der Waals surface area contributed by atoms with Gasteiger partial charge in [-0.25, -0.2) is 4.79 Å². The maximum atomic E-state index is 11.1. The lowest BCUT2D eigenvalue weighted by Gasteiger charge is -2.33. The number of nitrogens with one attached hydrogen (secondary N) is 2. The molecule has 2 aliphatic rings. The molecule has 2 atom stereocenters. The molecule has 2 amide bonds. The molecule has 0 bridgehead atoms. The van der Waals surface area contributed by atoms with Gasteiger partial charge in [0.25, 0.3) is 0 Å². The zero-order valence-corrected chi connectivity index (χ0v) is 25.8. The van der Waals surface area contributed by atoms with E-state index < -0.39 is 6.03 Å². The number of para-hydroxylation sites is 1. The number of fused-ring (bicyclic) bond motifs is 1. The highest BCUT2D eigenvalue weighted by atomic mass is 16.5. The summed E-state index contributed by atoms with van der Waals surface area (Å²) in [6, 6.07) is 22.6. The quantitative estimate of drug-likeness (QED) is 0.215. The van der Waals surface area contributed by atoms with Gasteiger partial charge in [0.15, 0.2) is 0 Å². The molecule has 9 nitrogen and oxygen atoms in total. The zero-order chi connectivity index (χ0) is 30.6. The highest BCUT2D eigenvalue weighted by molar-refractivity contribution is 5.71. The van der Waals surface area contributed by atoms with Gasteiger partial charge in [-0.2, -0.15) is 0 Å². The standard InChI is InChI=1S/C35H46N4O5/c1-41-33-8-3-2-6-29(33)25-42-20-5-21-43-30-13-11-27(12-14-30)31-15-16-37-23-34(31)44-24-26-9-10-28-7-4-18-39(32(28)22-26)19-17-38-35(36)40/h2-3,6,8-14,22,31,34,37H,4-5,7,15-21,23-25H2,1H3,(H3,36,38,40)/t31-,34+/m1/s1. The summed E-state index contributed by atoms with van der Waals surface area (Å²) in [4.78, 5) is 13.4. The van der Waals surface area contributed by atoms with Gasteiger partial charge in [0.2, 0.25) is 0 Å². The van der Waals surface area contributed by atoms with Crippen molar-refractivity contribution < 1.29 is 23.7 Å². The van der Waals surface area contributed by atoms with Gasteiger partial charge in [0.1, 0.15) is 11.5 Å². The van der Waals surface area contributed by atoms with Crippen LogP contribution in [0.5, 0.6) is 11.5 Å². The summed E-state index contributed by atoms with van der Waals surface area (Å²) >= 11 is 0. The van der Waals surface area contributed by atoms with Gasteiger partial charge >= 0.3 is 6.03 Å². The van der Waals surface area contributed by atoms with Crippen LogP contribution in [0.3, 0.4) is 0 Å².